The second-order valence-electron chi connectivity index (χ2n) is 4.53. The summed E-state index contributed by atoms with van der Waals surface area (Å²) in [6.07, 6.45) is 3.02. The van der Waals surface area contributed by atoms with E-state index in [9.17, 15) is 8.42 Å². The lowest BCUT2D eigenvalue weighted by Crippen LogP contribution is -2.16. The normalized spacial score (nSPS) is 11.5. The molecule has 0 saturated carbocycles. The highest BCUT2D eigenvalue weighted by Crippen LogP contribution is 2.17. The molecule has 1 rings (SSSR count). The average molecular weight is 286 g/mol. The van der Waals surface area contributed by atoms with Gasteiger partial charge in [0.2, 0.25) is 10.0 Å². The zero-order chi connectivity index (χ0) is 14.3. The quantitative estimate of drug-likeness (QED) is 0.739. The summed E-state index contributed by atoms with van der Waals surface area (Å²) in [5, 5.41) is 4.93. The monoisotopic (exact) mass is 286 g/mol. The molecule has 0 fully saturated rings. The number of nitrogens with two attached hydrogens (primary N) is 1. The summed E-state index contributed by atoms with van der Waals surface area (Å²) in [5.74, 6) is 0.860. The fraction of sp³-hybridized carbons (Fsp3) is 0.615. The Kier molecular flexibility index (Phi) is 6.24. The highest BCUT2D eigenvalue weighted by Gasteiger charge is 2.04. The minimum absolute atomic E-state index is 0.0410. The van der Waals surface area contributed by atoms with Crippen molar-refractivity contribution >= 4 is 10.0 Å². The van der Waals surface area contributed by atoms with Gasteiger partial charge in [-0.3, -0.25) is 4.98 Å². The number of hydrogen-bond donors (Lipinski definition) is 1. The number of aryl methyl sites for hydroxylation is 2. The van der Waals surface area contributed by atoms with E-state index in [0.29, 0.717) is 13.0 Å². The maximum atomic E-state index is 10.7. The topological polar surface area (TPSA) is 82.3 Å². The Labute approximate surface area is 115 Å². The van der Waals surface area contributed by atoms with Gasteiger partial charge in [-0.05, 0) is 44.7 Å². The van der Waals surface area contributed by atoms with E-state index in [0.717, 1.165) is 36.4 Å². The van der Waals surface area contributed by atoms with Crippen LogP contribution in [0, 0.1) is 6.92 Å². The van der Waals surface area contributed by atoms with Crippen molar-refractivity contribution in [1.82, 2.24) is 4.98 Å². The molecule has 108 valence electrons. The molecular weight excluding hydrogens is 264 g/mol. The van der Waals surface area contributed by atoms with Crippen LogP contribution in [-0.2, 0) is 16.4 Å². The highest BCUT2D eigenvalue weighted by molar-refractivity contribution is 7.89. The molecule has 0 aliphatic rings. The largest absolute Gasteiger partial charge is 0.492 e. The van der Waals surface area contributed by atoms with Gasteiger partial charge in [0.25, 0.3) is 0 Å². The molecule has 0 bridgehead atoms. The molecule has 0 aromatic carbocycles. The molecule has 0 aliphatic heterocycles. The lowest BCUT2D eigenvalue weighted by Gasteiger charge is -2.10. The van der Waals surface area contributed by atoms with Gasteiger partial charge in [0.1, 0.15) is 5.75 Å². The number of hydrogen-bond acceptors (Lipinski definition) is 4. The highest BCUT2D eigenvalue weighted by atomic mass is 32.2. The third kappa shape index (κ3) is 6.54. The van der Waals surface area contributed by atoms with Gasteiger partial charge in [-0.25, -0.2) is 13.6 Å². The van der Waals surface area contributed by atoms with E-state index in [1.807, 2.05) is 26.0 Å². The molecule has 0 saturated heterocycles. The third-order valence-electron chi connectivity index (χ3n) is 2.74. The number of sulfonamides is 1. The van der Waals surface area contributed by atoms with Crippen molar-refractivity contribution in [3.8, 4) is 5.75 Å². The standard InChI is InChI=1S/C13H22N2O3S/c1-3-12-13(8-7-11(2)15-12)18-9-5-4-6-10-19(14,16)17/h7-8H,3-6,9-10H2,1-2H3,(H2,14,16,17). The lowest BCUT2D eigenvalue weighted by atomic mass is 10.2. The van der Waals surface area contributed by atoms with Crippen molar-refractivity contribution in [3.05, 3.63) is 23.5 Å². The van der Waals surface area contributed by atoms with Crippen molar-refractivity contribution in [1.29, 1.82) is 0 Å². The van der Waals surface area contributed by atoms with Crippen molar-refractivity contribution < 1.29 is 13.2 Å². The molecule has 6 heteroatoms. The van der Waals surface area contributed by atoms with Gasteiger partial charge in [-0.2, -0.15) is 0 Å². The third-order valence-corrected chi connectivity index (χ3v) is 3.60. The molecule has 0 unspecified atom stereocenters. The predicted molar refractivity (Wildman–Crippen MR) is 75.7 cm³/mol. The maximum Gasteiger partial charge on any atom is 0.209 e. The zero-order valence-corrected chi connectivity index (χ0v) is 12.4. The Morgan fingerprint density at radius 3 is 2.63 bits per heavy atom. The zero-order valence-electron chi connectivity index (χ0n) is 11.6. The number of unbranched alkanes of at least 4 members (excludes halogenated alkanes) is 2. The van der Waals surface area contributed by atoms with E-state index in [2.05, 4.69) is 4.98 Å². The van der Waals surface area contributed by atoms with E-state index in [1.54, 1.807) is 0 Å². The van der Waals surface area contributed by atoms with Gasteiger partial charge in [-0.15, -0.1) is 0 Å². The SMILES string of the molecule is CCc1nc(C)ccc1OCCCCCS(N)(=O)=O. The van der Waals surface area contributed by atoms with Crippen molar-refractivity contribution in [3.63, 3.8) is 0 Å². The van der Waals surface area contributed by atoms with Gasteiger partial charge < -0.3 is 4.74 Å². The van der Waals surface area contributed by atoms with Crippen LogP contribution < -0.4 is 9.88 Å². The fourth-order valence-electron chi connectivity index (χ4n) is 1.75. The summed E-state index contributed by atoms with van der Waals surface area (Å²) in [6, 6.07) is 3.86. The van der Waals surface area contributed by atoms with Gasteiger partial charge in [0.05, 0.1) is 18.1 Å². The van der Waals surface area contributed by atoms with Crippen LogP contribution in [0.2, 0.25) is 0 Å². The summed E-state index contributed by atoms with van der Waals surface area (Å²) < 4.78 is 27.2. The minimum atomic E-state index is -3.33. The number of pyridine rings is 1. The van der Waals surface area contributed by atoms with Crippen LogP contribution in [-0.4, -0.2) is 25.8 Å². The van der Waals surface area contributed by atoms with Crippen LogP contribution in [0.4, 0.5) is 0 Å². The van der Waals surface area contributed by atoms with Gasteiger partial charge in [0, 0.05) is 5.69 Å². The summed E-state index contributed by atoms with van der Waals surface area (Å²) >= 11 is 0. The van der Waals surface area contributed by atoms with Crippen LogP contribution in [0.15, 0.2) is 12.1 Å². The number of primary sulfonamides is 1. The van der Waals surface area contributed by atoms with E-state index >= 15 is 0 Å². The Morgan fingerprint density at radius 1 is 1.26 bits per heavy atom. The number of aromatic nitrogens is 1. The average Bonchev–Trinajstić information content (AvgIpc) is 2.33. The summed E-state index contributed by atoms with van der Waals surface area (Å²) in [6.45, 7) is 4.57. The lowest BCUT2D eigenvalue weighted by molar-refractivity contribution is 0.302. The molecule has 0 amide bonds. The molecule has 0 aliphatic carbocycles. The second-order valence-corrected chi connectivity index (χ2v) is 6.26. The van der Waals surface area contributed by atoms with Gasteiger partial charge in [-0.1, -0.05) is 6.92 Å². The number of rotatable bonds is 8. The smallest absolute Gasteiger partial charge is 0.209 e. The Hall–Kier alpha value is -1.14. The first kappa shape index (κ1) is 15.9. The molecule has 1 aromatic heterocycles. The molecule has 0 radical (unpaired) electrons. The molecule has 2 N–H and O–H groups in total. The van der Waals surface area contributed by atoms with E-state index in [4.69, 9.17) is 9.88 Å². The Morgan fingerprint density at radius 2 is 2.00 bits per heavy atom. The summed E-state index contributed by atoms with van der Waals surface area (Å²) in [7, 11) is -3.33. The van der Waals surface area contributed by atoms with E-state index < -0.39 is 10.0 Å². The predicted octanol–water partition coefficient (Wildman–Crippen LogP) is 1.79. The van der Waals surface area contributed by atoms with Crippen LogP contribution in [0.1, 0.15) is 37.6 Å². The number of ether oxygens (including phenoxy) is 1. The van der Waals surface area contributed by atoms with Crippen LogP contribution >= 0.6 is 0 Å². The Bertz CT molecular complexity index is 501. The first-order valence-corrected chi connectivity index (χ1v) is 8.23. The minimum Gasteiger partial charge on any atom is -0.492 e. The van der Waals surface area contributed by atoms with Crippen molar-refractivity contribution in [2.45, 2.75) is 39.5 Å². The molecule has 0 spiro atoms. The molecule has 1 heterocycles. The molecule has 19 heavy (non-hydrogen) atoms. The Balaban J connectivity index is 2.30. The van der Waals surface area contributed by atoms with Crippen molar-refractivity contribution in [2.24, 2.45) is 5.14 Å². The summed E-state index contributed by atoms with van der Waals surface area (Å²) in [4.78, 5) is 4.42. The molecule has 1 aromatic rings. The first-order chi connectivity index (χ1) is 8.92. The molecule has 5 nitrogen and oxygen atoms in total. The molecule has 0 atom stereocenters. The van der Waals surface area contributed by atoms with Crippen LogP contribution in [0.5, 0.6) is 5.75 Å². The fourth-order valence-corrected chi connectivity index (χ4v) is 2.35. The van der Waals surface area contributed by atoms with E-state index in [-0.39, 0.29) is 5.75 Å². The van der Waals surface area contributed by atoms with Crippen LogP contribution in [0.3, 0.4) is 0 Å². The maximum absolute atomic E-state index is 10.7. The van der Waals surface area contributed by atoms with Crippen LogP contribution in [0.25, 0.3) is 0 Å². The van der Waals surface area contributed by atoms with Gasteiger partial charge >= 0.3 is 0 Å². The summed E-state index contributed by atoms with van der Waals surface area (Å²) in [5.41, 5.74) is 1.95. The second kappa shape index (κ2) is 7.45. The van der Waals surface area contributed by atoms with Gasteiger partial charge in [0.15, 0.2) is 0 Å². The van der Waals surface area contributed by atoms with E-state index in [1.165, 1.54) is 0 Å². The number of nitrogens with zero attached hydrogens (tertiary/aromatic N) is 1. The first-order valence-electron chi connectivity index (χ1n) is 6.52. The molecular formula is C13H22N2O3S. The van der Waals surface area contributed by atoms with Crippen molar-refractivity contribution in [2.75, 3.05) is 12.4 Å².